The molecule has 6 unspecified atom stereocenters. The highest BCUT2D eigenvalue weighted by Crippen LogP contribution is 2.27. The number of nitrogens with one attached hydrogen (secondary N) is 3. The van der Waals surface area contributed by atoms with Gasteiger partial charge in [-0.3, -0.25) is 5.43 Å². The van der Waals surface area contributed by atoms with Crippen molar-refractivity contribution in [3.63, 3.8) is 0 Å². The Hall–Kier alpha value is -1.86. The second kappa shape index (κ2) is 10.4. The fourth-order valence-corrected chi connectivity index (χ4v) is 2.97. The van der Waals surface area contributed by atoms with Crippen LogP contribution in [-0.4, -0.2) is 117 Å². The Morgan fingerprint density at radius 1 is 0.767 bits per heavy atom. The highest BCUT2D eigenvalue weighted by Gasteiger charge is 2.49. The fourth-order valence-electron chi connectivity index (χ4n) is 2.97. The molecule has 2 aliphatic heterocycles. The number of hydrogen-bond acceptors (Lipinski definition) is 12. The highest BCUT2D eigenvalue weighted by molar-refractivity contribution is 5.73. The quantitative estimate of drug-likeness (QED) is 0.104. The van der Waals surface area contributed by atoms with Crippen molar-refractivity contribution < 1.29 is 54.4 Å². The standard InChI is InChI=1S/C14H27N5O11/c15-13(26)17-1-3-5(20)7(22)9(24)11(28-3)30-12-10(25)8(23)6(21)4(29-12)2-18-14(27)19-16/h3-12,20-25H,1-2,16H2,(H3,15,17,26)(H2,18,19,27)/t3?,4?,5-,6-,7?,8?,9?,10?,11-,12-/m1/s1. The Morgan fingerprint density at radius 3 is 1.60 bits per heavy atom. The summed E-state index contributed by atoms with van der Waals surface area (Å²) < 4.78 is 16.0. The van der Waals surface area contributed by atoms with Gasteiger partial charge in [0.25, 0.3) is 0 Å². The van der Waals surface area contributed by atoms with Gasteiger partial charge in [-0.25, -0.2) is 15.4 Å². The van der Waals surface area contributed by atoms with Gasteiger partial charge in [-0.15, -0.1) is 0 Å². The Morgan fingerprint density at radius 2 is 1.20 bits per heavy atom. The van der Waals surface area contributed by atoms with E-state index in [2.05, 4.69) is 10.6 Å². The molecule has 2 aliphatic rings. The monoisotopic (exact) mass is 441 g/mol. The Balaban J connectivity index is 2.06. The summed E-state index contributed by atoms with van der Waals surface area (Å²) in [6, 6.07) is -1.74. The van der Waals surface area contributed by atoms with Gasteiger partial charge in [0.1, 0.15) is 48.8 Å². The SMILES string of the molecule is NNC(=O)NCC1O[C@H](O[C@H]2OC(CNC(N)=O)[C@@H](O)C(O)C2O)C(O)C(O)[C@@H]1O. The van der Waals surface area contributed by atoms with Crippen LogP contribution in [0.15, 0.2) is 0 Å². The molecular formula is C14H27N5O11. The van der Waals surface area contributed by atoms with Crippen LogP contribution < -0.4 is 27.6 Å². The second-order valence-electron chi connectivity index (χ2n) is 6.77. The van der Waals surface area contributed by atoms with E-state index < -0.39 is 73.5 Å². The predicted octanol–water partition coefficient (Wildman–Crippen LogP) is -6.54. The van der Waals surface area contributed by atoms with E-state index in [1.807, 2.05) is 0 Å². The lowest BCUT2D eigenvalue weighted by molar-refractivity contribution is -0.372. The molecule has 2 saturated heterocycles. The van der Waals surface area contributed by atoms with E-state index in [1.54, 1.807) is 5.43 Å². The third kappa shape index (κ3) is 5.64. The van der Waals surface area contributed by atoms with Crippen molar-refractivity contribution in [2.24, 2.45) is 11.6 Å². The zero-order valence-corrected chi connectivity index (χ0v) is 15.6. The first kappa shape index (κ1) is 24.4. The maximum atomic E-state index is 11.2. The number of carbonyl (C=O) groups is 2. The first-order valence-corrected chi connectivity index (χ1v) is 8.89. The van der Waals surface area contributed by atoms with Crippen LogP contribution in [0.25, 0.3) is 0 Å². The van der Waals surface area contributed by atoms with Crippen LogP contribution in [0, 0.1) is 0 Å². The van der Waals surface area contributed by atoms with E-state index in [0.29, 0.717) is 0 Å². The zero-order valence-electron chi connectivity index (χ0n) is 15.6. The van der Waals surface area contributed by atoms with E-state index >= 15 is 0 Å². The summed E-state index contributed by atoms with van der Waals surface area (Å²) in [7, 11) is 0. The molecule has 16 nitrogen and oxygen atoms in total. The van der Waals surface area contributed by atoms with Crippen LogP contribution in [0.3, 0.4) is 0 Å². The largest absolute Gasteiger partial charge is 0.388 e. The van der Waals surface area contributed by atoms with Gasteiger partial charge in [-0.2, -0.15) is 0 Å². The lowest BCUT2D eigenvalue weighted by Gasteiger charge is -2.45. The van der Waals surface area contributed by atoms with Crippen molar-refractivity contribution in [2.75, 3.05) is 13.1 Å². The summed E-state index contributed by atoms with van der Waals surface area (Å²) in [5, 5.41) is 64.6. The number of ether oxygens (including phenoxy) is 3. The van der Waals surface area contributed by atoms with Crippen LogP contribution >= 0.6 is 0 Å². The molecule has 0 spiro atoms. The molecule has 2 heterocycles. The number of rotatable bonds is 6. The number of primary amides is 1. The van der Waals surface area contributed by atoms with Crippen LogP contribution in [0.4, 0.5) is 9.59 Å². The van der Waals surface area contributed by atoms with Crippen molar-refractivity contribution in [3.05, 3.63) is 0 Å². The molecule has 0 bridgehead atoms. The molecule has 0 aromatic rings. The lowest BCUT2D eigenvalue weighted by atomic mass is 9.97. The van der Waals surface area contributed by atoms with Crippen molar-refractivity contribution in [1.82, 2.24) is 16.1 Å². The Bertz CT molecular complexity index is 601. The second-order valence-corrected chi connectivity index (χ2v) is 6.77. The van der Waals surface area contributed by atoms with Crippen molar-refractivity contribution in [3.8, 4) is 0 Å². The molecule has 0 saturated carbocycles. The van der Waals surface area contributed by atoms with Crippen molar-refractivity contribution in [2.45, 2.75) is 61.4 Å². The molecule has 16 heteroatoms. The minimum absolute atomic E-state index is 0.337. The molecule has 0 aromatic heterocycles. The minimum Gasteiger partial charge on any atom is -0.388 e. The summed E-state index contributed by atoms with van der Waals surface area (Å²) in [6.07, 6.45) is -16.2. The molecule has 2 rings (SSSR count). The smallest absolute Gasteiger partial charge is 0.328 e. The van der Waals surface area contributed by atoms with Crippen molar-refractivity contribution in [1.29, 1.82) is 0 Å². The number of urea groups is 2. The van der Waals surface area contributed by atoms with Crippen LogP contribution in [-0.2, 0) is 14.2 Å². The zero-order chi connectivity index (χ0) is 22.6. The molecule has 0 aliphatic carbocycles. The third-order valence-corrected chi connectivity index (χ3v) is 4.68. The van der Waals surface area contributed by atoms with Gasteiger partial charge >= 0.3 is 12.1 Å². The summed E-state index contributed by atoms with van der Waals surface area (Å²) in [4.78, 5) is 22.0. The van der Waals surface area contributed by atoms with Gasteiger partial charge in [0, 0.05) is 13.1 Å². The summed E-state index contributed by atoms with van der Waals surface area (Å²) in [5.41, 5.74) is 6.73. The number of amides is 4. The van der Waals surface area contributed by atoms with Gasteiger partial charge in [0.2, 0.25) is 0 Å². The Labute approximate surface area is 169 Å². The molecule has 0 aromatic carbocycles. The normalized spacial score (nSPS) is 41.7. The summed E-state index contributed by atoms with van der Waals surface area (Å²) >= 11 is 0. The van der Waals surface area contributed by atoms with Gasteiger partial charge in [-0.05, 0) is 0 Å². The first-order chi connectivity index (χ1) is 14.1. The fraction of sp³-hybridized carbons (Fsp3) is 0.857. The number of hydrazine groups is 1. The number of aliphatic hydroxyl groups is 6. The van der Waals surface area contributed by atoms with Crippen LogP contribution in [0.1, 0.15) is 0 Å². The number of hydrogen-bond donors (Lipinski definition) is 11. The lowest BCUT2D eigenvalue weighted by Crippen LogP contribution is -2.65. The average Bonchev–Trinajstić information content (AvgIpc) is 2.71. The molecule has 174 valence electrons. The van der Waals surface area contributed by atoms with Gasteiger partial charge in [0.05, 0.1) is 0 Å². The molecular weight excluding hydrogens is 414 g/mol. The third-order valence-electron chi connectivity index (χ3n) is 4.68. The first-order valence-electron chi connectivity index (χ1n) is 8.89. The summed E-state index contributed by atoms with van der Waals surface area (Å²) in [6.45, 7) is -0.676. The highest BCUT2D eigenvalue weighted by atomic mass is 16.8. The van der Waals surface area contributed by atoms with E-state index in [1.165, 1.54) is 0 Å². The molecule has 10 atom stereocenters. The van der Waals surface area contributed by atoms with Gasteiger partial charge in [-0.1, -0.05) is 0 Å². The molecule has 2 fully saturated rings. The minimum atomic E-state index is -1.80. The number of nitrogens with two attached hydrogens (primary N) is 2. The molecule has 30 heavy (non-hydrogen) atoms. The van der Waals surface area contributed by atoms with Crippen LogP contribution in [0.5, 0.6) is 0 Å². The predicted molar refractivity (Wildman–Crippen MR) is 92.8 cm³/mol. The van der Waals surface area contributed by atoms with E-state index in [0.717, 1.165) is 0 Å². The van der Waals surface area contributed by atoms with E-state index in [4.69, 9.17) is 25.8 Å². The van der Waals surface area contributed by atoms with Crippen molar-refractivity contribution >= 4 is 12.1 Å². The average molecular weight is 441 g/mol. The number of aliphatic hydroxyl groups excluding tert-OH is 6. The molecule has 4 amide bonds. The molecule has 13 N–H and O–H groups in total. The van der Waals surface area contributed by atoms with Gasteiger partial charge < -0.3 is 61.2 Å². The number of carbonyl (C=O) groups excluding carboxylic acids is 2. The topological polar surface area (TPSA) is 271 Å². The van der Waals surface area contributed by atoms with E-state index in [-0.39, 0.29) is 13.1 Å². The maximum Gasteiger partial charge on any atom is 0.328 e. The van der Waals surface area contributed by atoms with E-state index in [9.17, 15) is 40.2 Å². The summed E-state index contributed by atoms with van der Waals surface area (Å²) in [5.74, 6) is 4.92. The molecule has 0 radical (unpaired) electrons. The van der Waals surface area contributed by atoms with Gasteiger partial charge in [0.15, 0.2) is 12.6 Å². The van der Waals surface area contributed by atoms with Crippen LogP contribution in [0.2, 0.25) is 0 Å². The maximum absolute atomic E-state index is 11.2. The Kier molecular flexibility index (Phi) is 8.50.